The van der Waals surface area contributed by atoms with Gasteiger partial charge in [-0.15, -0.1) is 0 Å². The van der Waals surface area contributed by atoms with Crippen molar-refractivity contribution in [1.82, 2.24) is 0 Å². The molecule has 0 atom stereocenters. The fourth-order valence-corrected chi connectivity index (χ4v) is 11.4. The smallest absolute Gasteiger partial charge is 0.337 e. The van der Waals surface area contributed by atoms with Crippen LogP contribution < -0.4 is 10.6 Å². The van der Waals surface area contributed by atoms with Crippen LogP contribution in [0.2, 0.25) is 0 Å². The highest BCUT2D eigenvalue weighted by Crippen LogP contribution is 2.32. The lowest BCUT2D eigenvalue weighted by atomic mass is 10.2. The molecule has 0 radical (unpaired) electrons. The van der Waals surface area contributed by atoms with E-state index < -0.39 is 11.9 Å². The van der Waals surface area contributed by atoms with E-state index in [4.69, 9.17) is 34.6 Å². The Kier molecular flexibility index (Phi) is 25.1. The van der Waals surface area contributed by atoms with Crippen molar-refractivity contribution in [1.29, 1.82) is 0 Å². The molecule has 11 nitrogen and oxygen atoms in total. The molecule has 232 valence electrons. The maximum Gasteiger partial charge on any atom is 0.337 e. The van der Waals surface area contributed by atoms with Gasteiger partial charge in [-0.2, -0.15) is 0 Å². The van der Waals surface area contributed by atoms with Crippen LogP contribution in [0.3, 0.4) is 0 Å². The molecule has 2 rings (SSSR count). The Labute approximate surface area is 320 Å². The van der Waals surface area contributed by atoms with Crippen molar-refractivity contribution in [2.45, 2.75) is 0 Å². The van der Waals surface area contributed by atoms with Crippen LogP contribution in [-0.2, 0) is 14.2 Å². The first kappa shape index (κ1) is 42.2. The highest BCUT2D eigenvalue weighted by Gasteiger charge is 2.19. The number of hydrogen-bond donors (Lipinski definition) is 6. The summed E-state index contributed by atoms with van der Waals surface area (Å²) < 4.78 is 20.1. The normalized spacial score (nSPS) is 10.2. The third-order valence-corrected chi connectivity index (χ3v) is 10.0. The molecule has 6 N–H and O–H groups in total. The van der Waals surface area contributed by atoms with Gasteiger partial charge in [0.25, 0.3) is 0 Å². The summed E-state index contributed by atoms with van der Waals surface area (Å²) in [6, 6.07) is 3.72. The van der Waals surface area contributed by atoms with Crippen LogP contribution in [0.5, 0.6) is 0 Å². The Morgan fingerprint density at radius 3 is 1.15 bits per heavy atom. The average Bonchev–Trinajstić information content (AvgIpc) is 2.88. The summed E-state index contributed by atoms with van der Waals surface area (Å²) in [6.45, 7) is 2.76. The zero-order chi connectivity index (χ0) is 31.5. The van der Waals surface area contributed by atoms with Crippen molar-refractivity contribution in [2.24, 2.45) is 0 Å². The third kappa shape index (κ3) is 15.8. The van der Waals surface area contributed by atoms with Gasteiger partial charge >= 0.3 is 11.9 Å². The summed E-state index contributed by atoms with van der Waals surface area (Å²) in [5.41, 5.74) is 2.50. The van der Waals surface area contributed by atoms with E-state index in [0.717, 1.165) is 32.8 Å². The van der Waals surface area contributed by atoms with E-state index >= 15 is 0 Å². The summed E-state index contributed by atoms with van der Waals surface area (Å²) in [4.78, 5) is 22.0. The largest absolute Gasteiger partial charge is 0.478 e. The molecule has 0 aliphatic heterocycles. The molecule has 0 unspecified atom stereocenters. The Morgan fingerprint density at radius 1 is 0.610 bits per heavy atom. The molecule has 0 spiro atoms. The second kappa shape index (κ2) is 24.4. The molecule has 0 aliphatic carbocycles. The standard InChI is InChI=1S/2C8H6I3NO2.C8H18O5/c2*1-12-7-4(10)2-3(9)5(6(7)11)8(13)14;9-1-3-11-5-7-13-8-6-12-4-2-10/h2*2,12H,1H3,(H,13,14);9-10H,1-8H2. The number of anilines is 2. The molecule has 0 saturated carbocycles. The minimum absolute atomic E-state index is 0.0413. The van der Waals surface area contributed by atoms with Crippen molar-refractivity contribution in [3.05, 3.63) is 44.7 Å². The van der Waals surface area contributed by atoms with Gasteiger partial charge in [-0.1, -0.05) is 0 Å². The van der Waals surface area contributed by atoms with Gasteiger partial charge in [0, 0.05) is 28.4 Å². The lowest BCUT2D eigenvalue weighted by Crippen LogP contribution is -2.11. The zero-order valence-electron chi connectivity index (χ0n) is 21.9. The lowest BCUT2D eigenvalue weighted by molar-refractivity contribution is 0.00230. The first-order valence-corrected chi connectivity index (χ1v) is 18.0. The zero-order valence-corrected chi connectivity index (χ0v) is 34.9. The van der Waals surface area contributed by atoms with Crippen molar-refractivity contribution < 1.29 is 44.2 Å². The van der Waals surface area contributed by atoms with E-state index in [2.05, 4.69) is 101 Å². The van der Waals surface area contributed by atoms with Gasteiger partial charge in [0.1, 0.15) is 0 Å². The van der Waals surface area contributed by atoms with Gasteiger partial charge in [-0.25, -0.2) is 9.59 Å². The van der Waals surface area contributed by atoms with Gasteiger partial charge in [0.2, 0.25) is 0 Å². The third-order valence-electron chi connectivity index (χ3n) is 4.48. The number of halogens is 6. The Bertz CT molecular complexity index is 1040. The fraction of sp³-hybridized carbons (Fsp3) is 0.417. The van der Waals surface area contributed by atoms with E-state index in [1.165, 1.54) is 0 Å². The second-order valence-corrected chi connectivity index (χ2v) is 14.0. The van der Waals surface area contributed by atoms with E-state index in [-0.39, 0.29) is 13.2 Å². The van der Waals surface area contributed by atoms with Gasteiger partial charge in [0.05, 0.1) is 82.5 Å². The summed E-state index contributed by atoms with van der Waals surface area (Å²) in [6.07, 6.45) is 0. The molecular formula is C24H30I6N2O9. The van der Waals surface area contributed by atoms with E-state index in [1.807, 2.05) is 57.3 Å². The van der Waals surface area contributed by atoms with Crippen molar-refractivity contribution in [3.63, 3.8) is 0 Å². The number of carbonyl (C=O) groups is 2. The highest BCUT2D eigenvalue weighted by molar-refractivity contribution is 14.1. The first-order valence-electron chi connectivity index (χ1n) is 11.5. The number of aliphatic hydroxyl groups excluding tert-OH is 2. The molecule has 0 amide bonds. The Hall–Kier alpha value is 1.16. The van der Waals surface area contributed by atoms with Crippen molar-refractivity contribution in [3.8, 4) is 0 Å². The highest BCUT2D eigenvalue weighted by atomic mass is 127. The molecule has 0 bridgehead atoms. The predicted molar refractivity (Wildman–Crippen MR) is 209 cm³/mol. The molecule has 2 aromatic carbocycles. The minimum atomic E-state index is -0.883. The first-order chi connectivity index (χ1) is 19.4. The van der Waals surface area contributed by atoms with Crippen LogP contribution in [-0.4, -0.2) is 99.3 Å². The van der Waals surface area contributed by atoms with Gasteiger partial charge in [-0.3, -0.25) is 0 Å². The summed E-state index contributed by atoms with van der Waals surface area (Å²) in [5.74, 6) is -1.77. The minimum Gasteiger partial charge on any atom is -0.478 e. The summed E-state index contributed by atoms with van der Waals surface area (Å²) in [5, 5.41) is 40.8. The maximum absolute atomic E-state index is 11.0. The Morgan fingerprint density at radius 2 is 0.902 bits per heavy atom. The van der Waals surface area contributed by atoms with Crippen LogP contribution in [0.25, 0.3) is 0 Å². The SMILES string of the molecule is CNc1c(I)cc(I)c(C(=O)O)c1I.CNc1c(I)cc(I)c(C(=O)O)c1I.OCCOCCOCCOCCO. The number of benzene rings is 2. The summed E-state index contributed by atoms with van der Waals surface area (Å²) >= 11 is 12.6. The fourth-order valence-electron chi connectivity index (χ4n) is 2.70. The van der Waals surface area contributed by atoms with Crippen LogP contribution in [0, 0.1) is 21.4 Å². The number of carboxylic acids is 2. The monoisotopic (exact) mass is 1250 g/mol. The van der Waals surface area contributed by atoms with Crippen LogP contribution in [0.15, 0.2) is 12.1 Å². The van der Waals surface area contributed by atoms with E-state index in [0.29, 0.717) is 50.8 Å². The van der Waals surface area contributed by atoms with Crippen LogP contribution in [0.4, 0.5) is 11.4 Å². The van der Waals surface area contributed by atoms with Crippen LogP contribution >= 0.6 is 136 Å². The van der Waals surface area contributed by atoms with Crippen molar-refractivity contribution in [2.75, 3.05) is 77.6 Å². The molecule has 41 heavy (non-hydrogen) atoms. The molecule has 0 saturated heterocycles. The van der Waals surface area contributed by atoms with Crippen LogP contribution in [0.1, 0.15) is 20.7 Å². The maximum atomic E-state index is 11.0. The van der Waals surface area contributed by atoms with Gasteiger partial charge in [-0.05, 0) is 148 Å². The second-order valence-electron chi connectivity index (χ2n) is 7.20. The molecule has 17 heteroatoms. The van der Waals surface area contributed by atoms with Gasteiger partial charge in [0.15, 0.2) is 0 Å². The van der Waals surface area contributed by atoms with Gasteiger partial charge < -0.3 is 45.3 Å². The quantitative estimate of drug-likeness (QED) is 0.105. The number of carboxylic acid groups (broad SMARTS) is 2. The number of rotatable bonds is 14. The van der Waals surface area contributed by atoms with E-state index in [1.54, 1.807) is 14.1 Å². The average molecular weight is 1250 g/mol. The number of aromatic carboxylic acids is 2. The number of ether oxygens (including phenoxy) is 3. The molecule has 0 heterocycles. The van der Waals surface area contributed by atoms with E-state index in [9.17, 15) is 9.59 Å². The van der Waals surface area contributed by atoms with Crippen molar-refractivity contribution >= 4 is 159 Å². The topological polar surface area (TPSA) is 167 Å². The number of hydrogen-bond acceptors (Lipinski definition) is 9. The molecule has 0 aromatic heterocycles. The number of nitrogens with one attached hydrogen (secondary N) is 2. The molecular weight excluding hydrogens is 1220 g/mol. The molecule has 0 fully saturated rings. The summed E-state index contributed by atoms with van der Waals surface area (Å²) in [7, 11) is 3.58. The Balaban J connectivity index is 0.000000586. The predicted octanol–water partition coefficient (Wildman–Crippen LogP) is 5.50. The molecule has 0 aliphatic rings. The lowest BCUT2D eigenvalue weighted by Gasteiger charge is -2.11. The number of aliphatic hydroxyl groups is 2. The molecule has 2 aromatic rings.